The standard InChI is InChI=1S/C14H19N.C2H6/c1-4-6-13-11(5-2)7-8-12-9-15(3)10-14(12)13;1-2/h4-6H,2,7-10H2,1,3H3;1-2H3/b6-4-;. The number of hydrogen-bond acceptors (Lipinski definition) is 1. The third kappa shape index (κ3) is 2.98. The summed E-state index contributed by atoms with van der Waals surface area (Å²) in [4.78, 5) is 2.39. The lowest BCUT2D eigenvalue weighted by atomic mass is 9.87. The van der Waals surface area contributed by atoms with E-state index in [1.807, 2.05) is 19.9 Å². The molecule has 0 amide bonds. The normalized spacial score (nSPS) is 20.5. The molecule has 0 unspecified atom stereocenters. The lowest BCUT2D eigenvalue weighted by Crippen LogP contribution is -2.14. The van der Waals surface area contributed by atoms with Gasteiger partial charge < -0.3 is 0 Å². The maximum atomic E-state index is 3.92. The zero-order valence-electron chi connectivity index (χ0n) is 11.7. The van der Waals surface area contributed by atoms with Gasteiger partial charge in [0, 0.05) is 13.1 Å². The summed E-state index contributed by atoms with van der Waals surface area (Å²) >= 11 is 0. The van der Waals surface area contributed by atoms with Crippen molar-refractivity contribution in [1.82, 2.24) is 4.90 Å². The van der Waals surface area contributed by atoms with Crippen LogP contribution in [0.3, 0.4) is 0 Å². The Morgan fingerprint density at radius 1 is 1.18 bits per heavy atom. The second kappa shape index (κ2) is 6.61. The first-order chi connectivity index (χ1) is 8.26. The van der Waals surface area contributed by atoms with Crippen LogP contribution in [0.2, 0.25) is 0 Å². The van der Waals surface area contributed by atoms with E-state index in [1.54, 1.807) is 11.1 Å². The van der Waals surface area contributed by atoms with Crippen molar-refractivity contribution in [3.8, 4) is 0 Å². The van der Waals surface area contributed by atoms with Crippen LogP contribution in [0.5, 0.6) is 0 Å². The van der Waals surface area contributed by atoms with Crippen LogP contribution in [-0.2, 0) is 0 Å². The van der Waals surface area contributed by atoms with Gasteiger partial charge in [0.15, 0.2) is 0 Å². The van der Waals surface area contributed by atoms with Crippen LogP contribution in [0.25, 0.3) is 0 Å². The minimum atomic E-state index is 1.10. The van der Waals surface area contributed by atoms with E-state index in [4.69, 9.17) is 0 Å². The molecule has 0 aromatic carbocycles. The van der Waals surface area contributed by atoms with Gasteiger partial charge >= 0.3 is 0 Å². The highest BCUT2D eigenvalue weighted by atomic mass is 15.1. The van der Waals surface area contributed by atoms with Gasteiger partial charge in [-0.1, -0.05) is 44.2 Å². The molecule has 0 spiro atoms. The second-order valence-corrected chi connectivity index (χ2v) is 4.40. The third-order valence-corrected chi connectivity index (χ3v) is 3.26. The van der Waals surface area contributed by atoms with E-state index in [1.165, 1.54) is 17.6 Å². The van der Waals surface area contributed by atoms with Crippen molar-refractivity contribution in [2.45, 2.75) is 33.6 Å². The highest BCUT2D eigenvalue weighted by Crippen LogP contribution is 2.35. The summed E-state index contributed by atoms with van der Waals surface area (Å²) in [7, 11) is 2.19. The molecule has 0 saturated heterocycles. The molecule has 1 nitrogen and oxygen atoms in total. The Labute approximate surface area is 106 Å². The fourth-order valence-electron chi connectivity index (χ4n) is 2.56. The molecule has 0 aromatic rings. The Bertz CT molecular complexity index is 369. The molecule has 0 aromatic heterocycles. The van der Waals surface area contributed by atoms with E-state index in [0.717, 1.165) is 19.5 Å². The summed E-state index contributed by atoms with van der Waals surface area (Å²) in [6.45, 7) is 12.3. The average molecular weight is 231 g/mol. The molecule has 2 rings (SSSR count). The van der Waals surface area contributed by atoms with Gasteiger partial charge in [-0.15, -0.1) is 0 Å². The molecule has 0 fully saturated rings. The molecule has 0 saturated carbocycles. The molecule has 0 radical (unpaired) electrons. The fraction of sp³-hybridized carbons (Fsp3) is 0.500. The van der Waals surface area contributed by atoms with Crippen LogP contribution in [0.15, 0.2) is 47.1 Å². The van der Waals surface area contributed by atoms with Gasteiger partial charge in [-0.2, -0.15) is 0 Å². The summed E-state index contributed by atoms with van der Waals surface area (Å²) in [5, 5.41) is 0. The number of rotatable bonds is 2. The molecule has 1 heteroatoms. The van der Waals surface area contributed by atoms with Crippen LogP contribution in [0.4, 0.5) is 0 Å². The SMILES string of the molecule is C=CC1=C(/C=C\C)C2=C(CC1)CN(C)C2.CC. The predicted octanol–water partition coefficient (Wildman–Crippen LogP) is 4.11. The van der Waals surface area contributed by atoms with Crippen LogP contribution in [-0.4, -0.2) is 25.0 Å². The van der Waals surface area contributed by atoms with Gasteiger partial charge in [0.05, 0.1) is 0 Å². The van der Waals surface area contributed by atoms with Crippen LogP contribution >= 0.6 is 0 Å². The van der Waals surface area contributed by atoms with Crippen LogP contribution in [0.1, 0.15) is 33.6 Å². The van der Waals surface area contributed by atoms with Crippen molar-refractivity contribution >= 4 is 0 Å². The van der Waals surface area contributed by atoms with E-state index >= 15 is 0 Å². The highest BCUT2D eigenvalue weighted by molar-refractivity contribution is 5.54. The number of likely N-dealkylation sites (N-methyl/N-ethyl adjacent to an activating group) is 1. The Hall–Kier alpha value is -1.08. The van der Waals surface area contributed by atoms with Crippen molar-refractivity contribution < 1.29 is 0 Å². The Morgan fingerprint density at radius 2 is 1.88 bits per heavy atom. The Morgan fingerprint density at radius 3 is 2.47 bits per heavy atom. The first-order valence-corrected chi connectivity index (χ1v) is 6.64. The van der Waals surface area contributed by atoms with Gasteiger partial charge in [-0.25, -0.2) is 0 Å². The van der Waals surface area contributed by atoms with E-state index < -0.39 is 0 Å². The van der Waals surface area contributed by atoms with Crippen molar-refractivity contribution in [1.29, 1.82) is 0 Å². The minimum Gasteiger partial charge on any atom is -0.298 e. The predicted molar refractivity (Wildman–Crippen MR) is 77.1 cm³/mol. The summed E-state index contributed by atoms with van der Waals surface area (Å²) in [5.74, 6) is 0. The molecule has 17 heavy (non-hydrogen) atoms. The van der Waals surface area contributed by atoms with Gasteiger partial charge in [0.25, 0.3) is 0 Å². The summed E-state index contributed by atoms with van der Waals surface area (Å²) in [6.07, 6.45) is 8.78. The molecule has 0 N–H and O–H groups in total. The highest BCUT2D eigenvalue weighted by Gasteiger charge is 2.25. The average Bonchev–Trinajstić information content (AvgIpc) is 2.73. The molecular formula is C16H25N. The Kier molecular flexibility index (Phi) is 5.43. The third-order valence-electron chi connectivity index (χ3n) is 3.26. The molecule has 1 aliphatic heterocycles. The maximum Gasteiger partial charge on any atom is 0.0240 e. The number of nitrogens with zero attached hydrogens (tertiary/aromatic N) is 1. The van der Waals surface area contributed by atoms with Crippen molar-refractivity contribution in [2.75, 3.05) is 20.1 Å². The van der Waals surface area contributed by atoms with Crippen LogP contribution < -0.4 is 0 Å². The zero-order chi connectivity index (χ0) is 12.8. The minimum absolute atomic E-state index is 1.10. The molecule has 1 heterocycles. The van der Waals surface area contributed by atoms with Crippen LogP contribution in [0, 0.1) is 0 Å². The second-order valence-electron chi connectivity index (χ2n) is 4.40. The van der Waals surface area contributed by atoms with Gasteiger partial charge in [0.2, 0.25) is 0 Å². The fourth-order valence-corrected chi connectivity index (χ4v) is 2.56. The first kappa shape index (κ1) is 14.0. The molecule has 94 valence electrons. The number of allylic oxidation sites excluding steroid dienone is 4. The smallest absolute Gasteiger partial charge is 0.0240 e. The maximum absolute atomic E-state index is 3.92. The number of hydrogen-bond donors (Lipinski definition) is 0. The van der Waals surface area contributed by atoms with Gasteiger partial charge in [-0.05, 0) is 43.5 Å². The topological polar surface area (TPSA) is 3.24 Å². The largest absolute Gasteiger partial charge is 0.298 e. The lowest BCUT2D eigenvalue weighted by molar-refractivity contribution is 0.424. The zero-order valence-corrected chi connectivity index (χ0v) is 11.7. The van der Waals surface area contributed by atoms with E-state index in [9.17, 15) is 0 Å². The van der Waals surface area contributed by atoms with Gasteiger partial charge in [0.1, 0.15) is 0 Å². The van der Waals surface area contributed by atoms with Crippen molar-refractivity contribution in [2.24, 2.45) is 0 Å². The molecule has 0 atom stereocenters. The summed E-state index contributed by atoms with van der Waals surface area (Å²) in [5.41, 5.74) is 6.04. The molecule has 2 aliphatic rings. The first-order valence-electron chi connectivity index (χ1n) is 6.64. The quantitative estimate of drug-likeness (QED) is 0.691. The van der Waals surface area contributed by atoms with Gasteiger partial charge in [-0.3, -0.25) is 4.90 Å². The Balaban J connectivity index is 0.000000686. The molecule has 0 bridgehead atoms. The monoisotopic (exact) mass is 231 g/mol. The summed E-state index contributed by atoms with van der Waals surface area (Å²) in [6, 6.07) is 0. The van der Waals surface area contributed by atoms with Crippen molar-refractivity contribution in [3.63, 3.8) is 0 Å². The molecule has 1 aliphatic carbocycles. The van der Waals surface area contributed by atoms with E-state index in [0.29, 0.717) is 0 Å². The molecular weight excluding hydrogens is 206 g/mol. The lowest BCUT2D eigenvalue weighted by Gasteiger charge is -2.18. The van der Waals surface area contributed by atoms with E-state index in [2.05, 4.69) is 37.6 Å². The summed E-state index contributed by atoms with van der Waals surface area (Å²) < 4.78 is 0. The van der Waals surface area contributed by atoms with Crippen molar-refractivity contribution in [3.05, 3.63) is 47.1 Å². The van der Waals surface area contributed by atoms with E-state index in [-0.39, 0.29) is 0 Å².